The Kier molecular flexibility index (Phi) is 28.2. The Balaban J connectivity index is 0.000000343. The fraction of sp³-hybridized carbons (Fsp3) is 0.485. The summed E-state index contributed by atoms with van der Waals surface area (Å²) in [4.78, 5) is 44.4. The number of hydrogen-bond donors (Lipinski definition) is 3. The Morgan fingerprint density at radius 2 is 0.800 bits per heavy atom. The molecule has 11 atom stereocenters. The van der Waals surface area contributed by atoms with E-state index in [1.807, 2.05) is 48.6 Å². The molecule has 0 heterocycles. The molecule has 4 saturated carbocycles. The maximum atomic E-state index is 11.6. The number of methoxy groups -OCH3 is 1. The lowest BCUT2D eigenvalue weighted by molar-refractivity contribution is -0.142. The van der Waals surface area contributed by atoms with E-state index in [-0.39, 0.29) is 62.7 Å². The summed E-state index contributed by atoms with van der Waals surface area (Å²) in [7, 11) is 1.45. The second-order valence-electron chi connectivity index (χ2n) is 22.4. The van der Waals surface area contributed by atoms with Crippen molar-refractivity contribution in [2.45, 2.75) is 135 Å². The van der Waals surface area contributed by atoms with Gasteiger partial charge in [-0.05, 0) is 159 Å². The first kappa shape index (κ1) is 65.2. The number of hydrogen-bond acceptors (Lipinski definition) is 5. The third-order valence-electron chi connectivity index (χ3n) is 16.2. The first-order valence-corrected chi connectivity index (χ1v) is 26.7. The standard InChI is InChI=1S/C19H24O2.C18H22O2.C16H26O2.C13H18O2.B/c1-4-8-16-11-18(15-9-6-5-7-10-15)12-17(14(16)2)13-19(20)21-3;1-3-7-15-10-17(14-8-5-4-6-9-14)11-16(13(15)2)12-18(19)20;1-6-7-12-8-14(16(3,4)5)9-13(11(12)2)10-15(17)18;1-4-5-11-6-9(2)7-12(10(11)3)8-13(14)15;/h4-7,9-10,16-18H,1-2,8,11-13H2,3H3;3-6,8-9,15-17H,1-2,7,10-12H2,(H,19,20);6,12-14H,1-2,7-10H2,3-5H3,(H,17,18);4,11-12H,1-3,5-8H2,(H,14,15);/t16?,17-,18?;15?,16-,17?;12?,13-,14?;11?,12-;/m0000./s1. The molecule has 0 aromatic heterocycles. The van der Waals surface area contributed by atoms with Crippen LogP contribution in [0.15, 0.2) is 172 Å². The summed E-state index contributed by atoms with van der Waals surface area (Å²) in [5.41, 5.74) is 8.50. The average molecular weight is 1020 g/mol. The lowest BCUT2D eigenvalue weighted by Gasteiger charge is -2.42. The van der Waals surface area contributed by atoms with Crippen LogP contribution in [-0.2, 0) is 23.9 Å². The molecule has 0 aliphatic heterocycles. The van der Waals surface area contributed by atoms with Crippen molar-refractivity contribution in [2.75, 3.05) is 7.11 Å². The van der Waals surface area contributed by atoms with Crippen LogP contribution < -0.4 is 0 Å². The van der Waals surface area contributed by atoms with Crippen molar-refractivity contribution in [3.63, 3.8) is 0 Å². The number of rotatable bonds is 18. The zero-order chi connectivity index (χ0) is 55.1. The van der Waals surface area contributed by atoms with Crippen molar-refractivity contribution in [1.29, 1.82) is 0 Å². The van der Waals surface area contributed by atoms with Gasteiger partial charge < -0.3 is 20.1 Å². The lowest BCUT2D eigenvalue weighted by atomic mass is 9.63. The topological polar surface area (TPSA) is 138 Å². The van der Waals surface area contributed by atoms with Crippen LogP contribution in [0.2, 0.25) is 0 Å². The summed E-state index contributed by atoms with van der Waals surface area (Å²) in [6.07, 6.45) is 20.1. The van der Waals surface area contributed by atoms with Gasteiger partial charge in [0, 0.05) is 8.41 Å². The van der Waals surface area contributed by atoms with Crippen LogP contribution in [0.25, 0.3) is 0 Å². The van der Waals surface area contributed by atoms with Crippen LogP contribution >= 0.6 is 0 Å². The Bertz CT molecular complexity index is 2270. The number of allylic oxidation sites excluding steroid dienone is 9. The summed E-state index contributed by atoms with van der Waals surface area (Å²) in [5.74, 6) is 1.13. The van der Waals surface area contributed by atoms with Crippen LogP contribution in [0.3, 0.4) is 0 Å². The zero-order valence-electron chi connectivity index (χ0n) is 46.1. The molecule has 3 radical (unpaired) electrons. The van der Waals surface area contributed by atoms with Crippen LogP contribution in [0.4, 0.5) is 0 Å². The van der Waals surface area contributed by atoms with Crippen LogP contribution in [0, 0.1) is 58.7 Å². The number of carbonyl (C=O) groups is 4. The van der Waals surface area contributed by atoms with E-state index in [9.17, 15) is 19.2 Å². The number of carbonyl (C=O) groups excluding carboxylic acids is 1. The summed E-state index contributed by atoms with van der Waals surface area (Å²) >= 11 is 0. The maximum Gasteiger partial charge on any atom is 0.306 e. The minimum absolute atomic E-state index is 0. The number of carboxylic acid groups (broad SMARTS) is 3. The fourth-order valence-corrected chi connectivity index (χ4v) is 11.9. The average Bonchev–Trinajstić information content (AvgIpc) is 3.34. The third-order valence-corrected chi connectivity index (χ3v) is 16.2. The van der Waals surface area contributed by atoms with E-state index >= 15 is 0 Å². The summed E-state index contributed by atoms with van der Waals surface area (Å²) in [5, 5.41) is 26.9. The Morgan fingerprint density at radius 1 is 0.493 bits per heavy atom. The van der Waals surface area contributed by atoms with E-state index < -0.39 is 17.9 Å². The van der Waals surface area contributed by atoms with Crippen LogP contribution in [0.5, 0.6) is 0 Å². The van der Waals surface area contributed by atoms with Gasteiger partial charge in [-0.1, -0.05) is 166 Å². The van der Waals surface area contributed by atoms with Gasteiger partial charge in [0.05, 0.1) is 32.8 Å². The molecule has 0 amide bonds. The van der Waals surface area contributed by atoms with Gasteiger partial charge in [0.1, 0.15) is 0 Å². The summed E-state index contributed by atoms with van der Waals surface area (Å²) in [6, 6.07) is 21.0. The van der Waals surface area contributed by atoms with E-state index in [0.29, 0.717) is 47.8 Å². The molecule has 4 aliphatic rings. The minimum atomic E-state index is -0.756. The first-order valence-electron chi connectivity index (χ1n) is 26.7. The predicted octanol–water partition coefficient (Wildman–Crippen LogP) is 16.0. The van der Waals surface area contributed by atoms with Gasteiger partial charge in [-0.15, -0.1) is 26.3 Å². The minimum Gasteiger partial charge on any atom is -0.481 e. The van der Waals surface area contributed by atoms with Crippen molar-refractivity contribution in [3.05, 3.63) is 183 Å². The molecule has 405 valence electrons. The van der Waals surface area contributed by atoms with E-state index in [2.05, 4.69) is 116 Å². The molecule has 0 saturated heterocycles. The molecule has 6 rings (SSSR count). The highest BCUT2D eigenvalue weighted by molar-refractivity contribution is 5.75. The van der Waals surface area contributed by atoms with Gasteiger partial charge in [-0.3, -0.25) is 19.2 Å². The molecule has 0 spiro atoms. The molecule has 2 aromatic carbocycles. The maximum absolute atomic E-state index is 11.6. The number of aliphatic carboxylic acids is 3. The van der Waals surface area contributed by atoms with Gasteiger partial charge in [0.15, 0.2) is 0 Å². The molecular formula is C66H90BO8. The lowest BCUT2D eigenvalue weighted by Crippen LogP contribution is -2.33. The molecule has 2 aromatic rings. The molecule has 0 bridgehead atoms. The SMILES string of the molecule is C=CCC1CC(=C)C[C@@H](CC(=O)O)C1=C.C=CCC1CC(C(C)(C)C)C[C@@H](CC(=O)O)C1=C.C=CCC1CC(c2ccccc2)C[C@@H](CC(=O)O)C1=C.C=CCC1CC(c2ccccc2)C[C@@H](CC(=O)OC)C1=C.[B]. The predicted molar refractivity (Wildman–Crippen MR) is 310 cm³/mol. The molecule has 9 heteroatoms. The van der Waals surface area contributed by atoms with E-state index in [1.54, 1.807) is 0 Å². The Labute approximate surface area is 453 Å². The van der Waals surface area contributed by atoms with Gasteiger partial charge in [-0.25, -0.2) is 0 Å². The first-order chi connectivity index (χ1) is 35.1. The zero-order valence-corrected chi connectivity index (χ0v) is 46.1. The van der Waals surface area contributed by atoms with E-state index in [1.165, 1.54) is 23.8 Å². The molecule has 7 unspecified atom stereocenters. The number of benzene rings is 2. The van der Waals surface area contributed by atoms with Crippen LogP contribution in [-0.4, -0.2) is 54.7 Å². The number of ether oxygens (including phenoxy) is 1. The molecular weight excluding hydrogens is 932 g/mol. The van der Waals surface area contributed by atoms with Crippen LogP contribution in [0.1, 0.15) is 146 Å². The second-order valence-corrected chi connectivity index (χ2v) is 22.4. The molecule has 75 heavy (non-hydrogen) atoms. The number of esters is 1. The van der Waals surface area contributed by atoms with Gasteiger partial charge in [-0.2, -0.15) is 0 Å². The third kappa shape index (κ3) is 21.3. The van der Waals surface area contributed by atoms with Gasteiger partial charge >= 0.3 is 23.9 Å². The molecule has 3 N–H and O–H groups in total. The van der Waals surface area contributed by atoms with E-state index in [4.69, 9.17) is 20.1 Å². The smallest absolute Gasteiger partial charge is 0.306 e. The van der Waals surface area contributed by atoms with Gasteiger partial charge in [0.25, 0.3) is 0 Å². The monoisotopic (exact) mass is 1020 g/mol. The summed E-state index contributed by atoms with van der Waals surface area (Å²) < 4.78 is 4.84. The Hall–Kier alpha value is -5.96. The molecule has 8 nitrogen and oxygen atoms in total. The summed E-state index contributed by atoms with van der Waals surface area (Å²) in [6.45, 7) is 42.5. The Morgan fingerprint density at radius 3 is 1.17 bits per heavy atom. The quantitative estimate of drug-likeness (QED) is 0.0762. The number of carboxylic acids is 3. The van der Waals surface area contributed by atoms with Crippen molar-refractivity contribution < 1.29 is 39.2 Å². The highest BCUT2D eigenvalue weighted by atomic mass is 16.5. The normalized spacial score (nSPS) is 26.3. The largest absolute Gasteiger partial charge is 0.481 e. The highest BCUT2D eigenvalue weighted by Crippen LogP contribution is 2.48. The fourth-order valence-electron chi connectivity index (χ4n) is 11.9. The van der Waals surface area contributed by atoms with Crippen molar-refractivity contribution in [2.24, 2.45) is 58.7 Å². The second kappa shape index (κ2) is 32.5. The van der Waals surface area contributed by atoms with E-state index in [0.717, 1.165) is 99.3 Å². The van der Waals surface area contributed by atoms with Gasteiger partial charge in [0.2, 0.25) is 0 Å². The molecule has 4 aliphatic carbocycles. The highest BCUT2D eigenvalue weighted by Gasteiger charge is 2.38. The van der Waals surface area contributed by atoms with Crippen molar-refractivity contribution in [1.82, 2.24) is 0 Å². The molecule has 4 fully saturated rings. The van der Waals surface area contributed by atoms with Crippen molar-refractivity contribution in [3.8, 4) is 0 Å². The van der Waals surface area contributed by atoms with Crippen molar-refractivity contribution >= 4 is 32.3 Å².